The molecule has 0 spiro atoms. The van der Waals surface area contributed by atoms with Crippen molar-refractivity contribution in [2.75, 3.05) is 20.6 Å². The Hall–Kier alpha value is -1.88. The van der Waals surface area contributed by atoms with Crippen LogP contribution in [0.2, 0.25) is 0 Å². The van der Waals surface area contributed by atoms with Crippen molar-refractivity contribution in [2.24, 2.45) is 23.2 Å². The first kappa shape index (κ1) is 20.4. The Labute approximate surface area is 174 Å². The van der Waals surface area contributed by atoms with Gasteiger partial charge in [-0.1, -0.05) is 12.1 Å². The van der Waals surface area contributed by atoms with Gasteiger partial charge in [0.1, 0.15) is 0 Å². The van der Waals surface area contributed by atoms with Gasteiger partial charge >= 0.3 is 0 Å². The van der Waals surface area contributed by atoms with E-state index in [1.807, 2.05) is 36.2 Å². The maximum Gasteiger partial charge on any atom is 0.251 e. The van der Waals surface area contributed by atoms with Crippen LogP contribution in [0.25, 0.3) is 0 Å². The molecule has 4 aliphatic rings. The summed E-state index contributed by atoms with van der Waals surface area (Å²) in [7, 11) is 3.61. The Morgan fingerprint density at radius 1 is 1.07 bits per heavy atom. The molecule has 29 heavy (non-hydrogen) atoms. The first-order valence-corrected chi connectivity index (χ1v) is 11.2. The average Bonchev–Trinajstić information content (AvgIpc) is 2.66. The van der Waals surface area contributed by atoms with Crippen LogP contribution >= 0.6 is 0 Å². The number of amides is 2. The molecule has 0 radical (unpaired) electrons. The SMILES string of the molecule is CNC(=O)c1ccc(CN(C)CC(=O)N[C@@H](C)C23CC4CC(CC(C4)C2)C3)cc1. The van der Waals surface area contributed by atoms with Gasteiger partial charge in [0.2, 0.25) is 5.91 Å². The van der Waals surface area contributed by atoms with Crippen molar-refractivity contribution in [2.45, 2.75) is 58.0 Å². The Morgan fingerprint density at radius 3 is 2.14 bits per heavy atom. The quantitative estimate of drug-likeness (QED) is 0.743. The number of carbonyl (C=O) groups is 2. The van der Waals surface area contributed by atoms with Gasteiger partial charge < -0.3 is 10.6 Å². The van der Waals surface area contributed by atoms with Crippen LogP contribution in [0, 0.1) is 23.2 Å². The van der Waals surface area contributed by atoms with E-state index in [2.05, 4.69) is 17.6 Å². The number of likely N-dealkylation sites (N-methyl/N-ethyl adjacent to an activating group) is 1. The van der Waals surface area contributed by atoms with Crippen LogP contribution in [0.1, 0.15) is 61.4 Å². The summed E-state index contributed by atoms with van der Waals surface area (Å²) in [5.41, 5.74) is 2.10. The smallest absolute Gasteiger partial charge is 0.251 e. The van der Waals surface area contributed by atoms with Crippen molar-refractivity contribution in [1.29, 1.82) is 0 Å². The van der Waals surface area contributed by atoms with Crippen LogP contribution in [0.15, 0.2) is 24.3 Å². The molecule has 1 aromatic carbocycles. The van der Waals surface area contributed by atoms with Crippen molar-refractivity contribution in [1.82, 2.24) is 15.5 Å². The molecule has 4 bridgehead atoms. The third-order valence-corrected chi connectivity index (χ3v) is 7.69. The number of benzene rings is 1. The molecule has 0 aliphatic heterocycles. The summed E-state index contributed by atoms with van der Waals surface area (Å²) in [5.74, 6) is 2.75. The van der Waals surface area contributed by atoms with E-state index in [9.17, 15) is 9.59 Å². The number of nitrogens with zero attached hydrogens (tertiary/aromatic N) is 1. The first-order valence-electron chi connectivity index (χ1n) is 11.2. The third kappa shape index (κ3) is 4.35. The second kappa shape index (κ2) is 8.10. The predicted octanol–water partition coefficient (Wildman–Crippen LogP) is 3.20. The molecule has 4 fully saturated rings. The summed E-state index contributed by atoms with van der Waals surface area (Å²) >= 11 is 0. The van der Waals surface area contributed by atoms with E-state index >= 15 is 0 Å². The van der Waals surface area contributed by atoms with E-state index in [0.29, 0.717) is 24.1 Å². The highest BCUT2D eigenvalue weighted by molar-refractivity contribution is 5.93. The summed E-state index contributed by atoms with van der Waals surface area (Å²) in [6.07, 6.45) is 8.24. The average molecular weight is 398 g/mol. The highest BCUT2D eigenvalue weighted by Gasteiger charge is 2.53. The van der Waals surface area contributed by atoms with Gasteiger partial charge in [0.05, 0.1) is 6.54 Å². The molecular weight excluding hydrogens is 362 g/mol. The summed E-state index contributed by atoms with van der Waals surface area (Å²) in [6, 6.07) is 7.84. The second-order valence-corrected chi connectivity index (χ2v) is 10.0. The van der Waals surface area contributed by atoms with Gasteiger partial charge in [-0.15, -0.1) is 0 Å². The Morgan fingerprint density at radius 2 is 1.62 bits per heavy atom. The van der Waals surface area contributed by atoms with Crippen LogP contribution < -0.4 is 10.6 Å². The number of carbonyl (C=O) groups excluding carboxylic acids is 2. The van der Waals surface area contributed by atoms with Crippen LogP contribution in [0.4, 0.5) is 0 Å². The van der Waals surface area contributed by atoms with Gasteiger partial charge in [0, 0.05) is 25.2 Å². The minimum absolute atomic E-state index is 0.0806. The van der Waals surface area contributed by atoms with Crippen molar-refractivity contribution in [3.8, 4) is 0 Å². The zero-order valence-corrected chi connectivity index (χ0v) is 18.0. The Balaban J connectivity index is 1.28. The van der Waals surface area contributed by atoms with Gasteiger partial charge in [-0.3, -0.25) is 14.5 Å². The fraction of sp³-hybridized carbons (Fsp3) is 0.667. The van der Waals surface area contributed by atoms with Crippen LogP contribution in [-0.2, 0) is 11.3 Å². The number of hydrogen-bond donors (Lipinski definition) is 2. The van der Waals surface area contributed by atoms with E-state index in [1.54, 1.807) is 7.05 Å². The third-order valence-electron chi connectivity index (χ3n) is 7.69. The van der Waals surface area contributed by atoms with Gasteiger partial charge in [-0.25, -0.2) is 0 Å². The summed E-state index contributed by atoms with van der Waals surface area (Å²) in [4.78, 5) is 26.4. The van der Waals surface area contributed by atoms with E-state index in [-0.39, 0.29) is 17.9 Å². The van der Waals surface area contributed by atoms with E-state index in [1.165, 1.54) is 38.5 Å². The standard InChI is InChI=1S/C24H35N3O2/c1-16(24-11-18-8-19(12-24)10-20(9-18)13-24)26-22(28)15-27(3)14-17-4-6-21(7-5-17)23(29)25-2/h4-7,16,18-20H,8-15H2,1-3H3,(H,25,29)(H,26,28)/t16-,18?,19?,20?,24?/m0/s1. The van der Waals surface area contributed by atoms with E-state index < -0.39 is 0 Å². The van der Waals surface area contributed by atoms with Gasteiger partial charge in [0.15, 0.2) is 0 Å². The molecule has 158 valence electrons. The van der Waals surface area contributed by atoms with Crippen molar-refractivity contribution < 1.29 is 9.59 Å². The maximum atomic E-state index is 12.7. The van der Waals surface area contributed by atoms with Crippen LogP contribution in [-0.4, -0.2) is 43.4 Å². The fourth-order valence-electron chi connectivity index (χ4n) is 6.67. The Kier molecular flexibility index (Phi) is 5.69. The lowest BCUT2D eigenvalue weighted by Crippen LogP contribution is -2.56. The molecule has 4 aliphatic carbocycles. The van der Waals surface area contributed by atoms with E-state index in [0.717, 1.165) is 23.3 Å². The zero-order valence-electron chi connectivity index (χ0n) is 18.0. The molecule has 5 heteroatoms. The normalized spacial score (nSPS) is 31.0. The van der Waals surface area contributed by atoms with Crippen LogP contribution in [0.3, 0.4) is 0 Å². The molecule has 0 aromatic heterocycles. The van der Waals surface area contributed by atoms with Crippen molar-refractivity contribution >= 4 is 11.8 Å². The number of nitrogens with one attached hydrogen (secondary N) is 2. The second-order valence-electron chi connectivity index (χ2n) is 10.0. The minimum atomic E-state index is -0.0806. The van der Waals surface area contributed by atoms with Gasteiger partial charge in [-0.2, -0.15) is 0 Å². The van der Waals surface area contributed by atoms with Crippen molar-refractivity contribution in [3.63, 3.8) is 0 Å². The summed E-state index contributed by atoms with van der Waals surface area (Å²) in [5, 5.41) is 5.98. The maximum absolute atomic E-state index is 12.7. The Bertz CT molecular complexity index is 723. The zero-order chi connectivity index (χ0) is 20.6. The molecule has 1 aromatic rings. The number of rotatable bonds is 7. The molecule has 0 heterocycles. The highest BCUT2D eigenvalue weighted by atomic mass is 16.2. The highest BCUT2D eigenvalue weighted by Crippen LogP contribution is 2.61. The molecular formula is C24H35N3O2. The molecule has 4 saturated carbocycles. The largest absolute Gasteiger partial charge is 0.355 e. The molecule has 5 nitrogen and oxygen atoms in total. The molecule has 2 N–H and O–H groups in total. The topological polar surface area (TPSA) is 61.4 Å². The lowest BCUT2D eigenvalue weighted by Gasteiger charge is -2.59. The lowest BCUT2D eigenvalue weighted by atomic mass is 9.48. The molecule has 0 saturated heterocycles. The van der Waals surface area contributed by atoms with Crippen LogP contribution in [0.5, 0.6) is 0 Å². The lowest BCUT2D eigenvalue weighted by molar-refractivity contribution is -0.126. The molecule has 1 atom stereocenters. The molecule has 5 rings (SSSR count). The molecule has 0 unspecified atom stereocenters. The summed E-state index contributed by atoms with van der Waals surface area (Å²) < 4.78 is 0. The van der Waals surface area contributed by atoms with E-state index in [4.69, 9.17) is 0 Å². The monoisotopic (exact) mass is 397 g/mol. The van der Waals surface area contributed by atoms with Gasteiger partial charge in [0.25, 0.3) is 5.91 Å². The minimum Gasteiger partial charge on any atom is -0.355 e. The fourth-order valence-corrected chi connectivity index (χ4v) is 6.67. The molecule has 2 amide bonds. The predicted molar refractivity (Wildman–Crippen MR) is 114 cm³/mol. The summed E-state index contributed by atoms with van der Waals surface area (Å²) in [6.45, 7) is 3.32. The van der Waals surface area contributed by atoms with Crippen molar-refractivity contribution in [3.05, 3.63) is 35.4 Å². The number of hydrogen-bond acceptors (Lipinski definition) is 3. The van der Waals surface area contributed by atoms with Gasteiger partial charge in [-0.05, 0) is 93.4 Å². The first-order chi connectivity index (χ1) is 13.9.